The van der Waals surface area contributed by atoms with E-state index in [0.717, 1.165) is 4.88 Å². The molecule has 0 aromatic carbocycles. The molecule has 3 N–H and O–H groups in total. The fourth-order valence-electron chi connectivity index (χ4n) is 1.45. The normalized spacial score (nSPS) is 11.5. The van der Waals surface area contributed by atoms with E-state index in [-0.39, 0.29) is 11.6 Å². The number of nitrogens with zero attached hydrogens (tertiary/aromatic N) is 2. The van der Waals surface area contributed by atoms with Crippen molar-refractivity contribution in [3.05, 3.63) is 34.3 Å². The Morgan fingerprint density at radius 3 is 2.74 bits per heavy atom. The van der Waals surface area contributed by atoms with Gasteiger partial charge in [-0.3, -0.25) is 0 Å². The molecule has 19 heavy (non-hydrogen) atoms. The molecule has 0 bridgehead atoms. The average molecular weight is 288 g/mol. The van der Waals surface area contributed by atoms with Crippen molar-refractivity contribution in [2.45, 2.75) is 12.6 Å². The van der Waals surface area contributed by atoms with Crippen LogP contribution in [0.4, 0.5) is 24.8 Å². The SMILES string of the molecule is Nc1cc(NCCc2cccs2)nc(C(F)(F)F)n1. The van der Waals surface area contributed by atoms with Gasteiger partial charge in [0, 0.05) is 17.5 Å². The summed E-state index contributed by atoms with van der Waals surface area (Å²) in [4.78, 5) is 7.71. The topological polar surface area (TPSA) is 63.8 Å². The van der Waals surface area contributed by atoms with Crippen LogP contribution in [0.15, 0.2) is 23.6 Å². The van der Waals surface area contributed by atoms with Gasteiger partial charge in [-0.15, -0.1) is 11.3 Å². The first kappa shape index (κ1) is 13.6. The average Bonchev–Trinajstić information content (AvgIpc) is 2.80. The molecule has 0 atom stereocenters. The van der Waals surface area contributed by atoms with Gasteiger partial charge in [0.15, 0.2) is 0 Å². The number of aromatic nitrogens is 2. The largest absolute Gasteiger partial charge is 0.451 e. The number of hydrogen-bond donors (Lipinski definition) is 2. The molecule has 0 aliphatic heterocycles. The molecule has 0 aliphatic carbocycles. The van der Waals surface area contributed by atoms with Crippen LogP contribution in [0.3, 0.4) is 0 Å². The maximum absolute atomic E-state index is 12.5. The standard InChI is InChI=1S/C11H11F3N4S/c12-11(13,14)10-17-8(15)6-9(18-10)16-4-3-7-2-1-5-19-7/h1-2,5-6H,3-4H2,(H3,15,16,17,18). The van der Waals surface area contributed by atoms with E-state index in [4.69, 9.17) is 5.73 Å². The van der Waals surface area contributed by atoms with Gasteiger partial charge in [0.25, 0.3) is 0 Å². The van der Waals surface area contributed by atoms with Crippen LogP contribution in [0.5, 0.6) is 0 Å². The van der Waals surface area contributed by atoms with Gasteiger partial charge in [0.1, 0.15) is 11.6 Å². The zero-order valence-electron chi connectivity index (χ0n) is 9.74. The van der Waals surface area contributed by atoms with E-state index in [9.17, 15) is 13.2 Å². The molecule has 2 aromatic heterocycles. The highest BCUT2D eigenvalue weighted by atomic mass is 32.1. The number of nitrogens with one attached hydrogen (secondary N) is 1. The summed E-state index contributed by atoms with van der Waals surface area (Å²) < 4.78 is 37.5. The van der Waals surface area contributed by atoms with E-state index >= 15 is 0 Å². The molecule has 2 aromatic rings. The van der Waals surface area contributed by atoms with Crippen molar-refractivity contribution in [3.63, 3.8) is 0 Å². The van der Waals surface area contributed by atoms with Crippen LogP contribution in [-0.4, -0.2) is 16.5 Å². The Balaban J connectivity index is 2.02. The van der Waals surface area contributed by atoms with Crippen molar-refractivity contribution in [2.24, 2.45) is 0 Å². The smallest absolute Gasteiger partial charge is 0.384 e. The Hall–Kier alpha value is -1.83. The highest BCUT2D eigenvalue weighted by Crippen LogP contribution is 2.27. The Morgan fingerprint density at radius 2 is 2.11 bits per heavy atom. The number of rotatable bonds is 4. The lowest BCUT2D eigenvalue weighted by Gasteiger charge is -2.09. The monoisotopic (exact) mass is 288 g/mol. The predicted molar refractivity (Wildman–Crippen MR) is 68.0 cm³/mol. The fourth-order valence-corrected chi connectivity index (χ4v) is 2.16. The molecule has 0 spiro atoms. The number of nitrogens with two attached hydrogens (primary N) is 1. The van der Waals surface area contributed by atoms with Gasteiger partial charge < -0.3 is 11.1 Å². The lowest BCUT2D eigenvalue weighted by Crippen LogP contribution is -2.15. The van der Waals surface area contributed by atoms with Crippen LogP contribution in [0.1, 0.15) is 10.7 Å². The highest BCUT2D eigenvalue weighted by Gasteiger charge is 2.35. The van der Waals surface area contributed by atoms with Gasteiger partial charge in [-0.05, 0) is 17.9 Å². The van der Waals surface area contributed by atoms with Crippen LogP contribution >= 0.6 is 11.3 Å². The van der Waals surface area contributed by atoms with Crippen molar-refractivity contribution >= 4 is 23.0 Å². The summed E-state index contributed by atoms with van der Waals surface area (Å²) >= 11 is 1.59. The molecule has 0 radical (unpaired) electrons. The van der Waals surface area contributed by atoms with Gasteiger partial charge >= 0.3 is 6.18 Å². The molecule has 102 valence electrons. The van der Waals surface area contributed by atoms with Crippen molar-refractivity contribution in [2.75, 3.05) is 17.6 Å². The molecular formula is C11H11F3N4S. The Bertz CT molecular complexity index is 539. The lowest BCUT2D eigenvalue weighted by molar-refractivity contribution is -0.144. The molecule has 8 heteroatoms. The second-order valence-electron chi connectivity index (χ2n) is 3.76. The first-order valence-corrected chi connectivity index (χ1v) is 6.31. The number of halogens is 3. The minimum absolute atomic E-state index is 0.0800. The Labute approximate surface area is 111 Å². The summed E-state index contributed by atoms with van der Waals surface area (Å²) in [5.74, 6) is -1.36. The second-order valence-corrected chi connectivity index (χ2v) is 4.79. The predicted octanol–water partition coefficient (Wildman–Crippen LogP) is 2.79. The van der Waals surface area contributed by atoms with Crippen LogP contribution in [0.25, 0.3) is 0 Å². The van der Waals surface area contributed by atoms with Gasteiger partial charge in [-0.25, -0.2) is 9.97 Å². The van der Waals surface area contributed by atoms with E-state index in [1.807, 2.05) is 17.5 Å². The first-order valence-electron chi connectivity index (χ1n) is 5.43. The van der Waals surface area contributed by atoms with Crippen LogP contribution < -0.4 is 11.1 Å². The van der Waals surface area contributed by atoms with Gasteiger partial charge in [0.05, 0.1) is 0 Å². The van der Waals surface area contributed by atoms with Gasteiger partial charge in [-0.1, -0.05) is 6.07 Å². The highest BCUT2D eigenvalue weighted by molar-refractivity contribution is 7.09. The van der Waals surface area contributed by atoms with Crippen LogP contribution in [0, 0.1) is 0 Å². The molecule has 0 saturated heterocycles. The first-order chi connectivity index (χ1) is 8.95. The van der Waals surface area contributed by atoms with E-state index in [0.29, 0.717) is 13.0 Å². The number of thiophene rings is 1. The minimum Gasteiger partial charge on any atom is -0.384 e. The Morgan fingerprint density at radius 1 is 1.32 bits per heavy atom. The third-order valence-corrected chi connectivity index (χ3v) is 3.19. The third-order valence-electron chi connectivity index (χ3n) is 2.26. The van der Waals surface area contributed by atoms with E-state index in [1.165, 1.54) is 6.07 Å². The minimum atomic E-state index is -4.60. The van der Waals surface area contributed by atoms with E-state index < -0.39 is 12.0 Å². The van der Waals surface area contributed by atoms with Crippen LogP contribution in [0.2, 0.25) is 0 Å². The van der Waals surface area contributed by atoms with E-state index in [1.54, 1.807) is 11.3 Å². The maximum atomic E-state index is 12.5. The van der Waals surface area contributed by atoms with Crippen molar-refractivity contribution < 1.29 is 13.2 Å². The van der Waals surface area contributed by atoms with E-state index in [2.05, 4.69) is 15.3 Å². The second kappa shape index (κ2) is 5.43. The summed E-state index contributed by atoms with van der Waals surface area (Å²) in [6, 6.07) is 5.16. The number of anilines is 2. The Kier molecular flexibility index (Phi) is 3.89. The van der Waals surface area contributed by atoms with Crippen LogP contribution in [-0.2, 0) is 12.6 Å². The van der Waals surface area contributed by atoms with Crippen molar-refractivity contribution in [3.8, 4) is 0 Å². The molecule has 0 saturated carbocycles. The molecule has 4 nitrogen and oxygen atoms in total. The summed E-state index contributed by atoms with van der Waals surface area (Å²) in [5.41, 5.74) is 5.33. The molecule has 0 aliphatic rings. The van der Waals surface area contributed by atoms with Gasteiger partial charge in [-0.2, -0.15) is 13.2 Å². The van der Waals surface area contributed by atoms with Crippen molar-refractivity contribution in [1.82, 2.24) is 9.97 Å². The third kappa shape index (κ3) is 3.82. The fraction of sp³-hybridized carbons (Fsp3) is 0.273. The summed E-state index contributed by atoms with van der Waals surface area (Å²) in [7, 11) is 0. The number of alkyl halides is 3. The molecule has 0 unspecified atom stereocenters. The number of hydrogen-bond acceptors (Lipinski definition) is 5. The maximum Gasteiger partial charge on any atom is 0.451 e. The quantitative estimate of drug-likeness (QED) is 0.908. The lowest BCUT2D eigenvalue weighted by atomic mass is 10.3. The summed E-state index contributed by atoms with van der Waals surface area (Å²) in [5, 5.41) is 4.76. The summed E-state index contributed by atoms with van der Waals surface area (Å²) in [6.07, 6.45) is -3.89. The zero-order valence-corrected chi connectivity index (χ0v) is 10.6. The molecule has 2 heterocycles. The number of nitrogen functional groups attached to an aromatic ring is 1. The van der Waals surface area contributed by atoms with Crippen molar-refractivity contribution in [1.29, 1.82) is 0 Å². The zero-order chi connectivity index (χ0) is 13.9. The van der Waals surface area contributed by atoms with Gasteiger partial charge in [0.2, 0.25) is 5.82 Å². The molecule has 2 rings (SSSR count). The molecular weight excluding hydrogens is 277 g/mol. The molecule has 0 amide bonds. The summed E-state index contributed by atoms with van der Waals surface area (Å²) in [6.45, 7) is 0.480. The molecule has 0 fully saturated rings.